The van der Waals surface area contributed by atoms with Gasteiger partial charge in [0.1, 0.15) is 0 Å². The minimum Gasteiger partial charge on any atom is -0.469 e. The van der Waals surface area contributed by atoms with Gasteiger partial charge in [-0.15, -0.1) is 0 Å². The summed E-state index contributed by atoms with van der Waals surface area (Å²) in [5, 5.41) is 0. The molecular formula is C12H18N2O2. The van der Waals surface area contributed by atoms with Crippen LogP contribution in [0, 0.1) is 0 Å². The topological polar surface area (TPSA) is 57.2 Å². The van der Waals surface area contributed by atoms with Crippen LogP contribution in [0.3, 0.4) is 0 Å². The van der Waals surface area contributed by atoms with Gasteiger partial charge < -0.3 is 10.6 Å². The minimum atomic E-state index is -0.225. The molecule has 0 saturated carbocycles. The molecule has 0 amide bonds. The zero-order valence-electron chi connectivity index (χ0n) is 9.66. The normalized spacial score (nSPS) is 15.3. The summed E-state index contributed by atoms with van der Waals surface area (Å²) < 4.78 is 6.28. The summed E-state index contributed by atoms with van der Waals surface area (Å²) in [5.74, 6) is 5.66. The fraction of sp³-hybridized carbons (Fsp3) is 0.583. The third-order valence-electron chi connectivity index (χ3n) is 3.25. The van der Waals surface area contributed by atoms with Crippen molar-refractivity contribution in [3.05, 3.63) is 23.0 Å². The number of carbonyl (C=O) groups is 1. The third kappa shape index (κ3) is 2.05. The number of hydrogen-bond acceptors (Lipinski definition) is 3. The SMILES string of the molecule is COC(=O)Cc1c2c(cn1N)CCCCC2. The van der Waals surface area contributed by atoms with Crippen LogP contribution >= 0.6 is 0 Å². The molecule has 1 aromatic rings. The summed E-state index contributed by atoms with van der Waals surface area (Å²) in [6.45, 7) is 0. The van der Waals surface area contributed by atoms with Gasteiger partial charge in [0.2, 0.25) is 0 Å². The van der Waals surface area contributed by atoms with Crippen LogP contribution < -0.4 is 5.84 Å². The van der Waals surface area contributed by atoms with Gasteiger partial charge in [-0.2, -0.15) is 0 Å². The lowest BCUT2D eigenvalue weighted by molar-refractivity contribution is -0.139. The highest BCUT2D eigenvalue weighted by molar-refractivity contribution is 5.72. The lowest BCUT2D eigenvalue weighted by Crippen LogP contribution is -2.16. The van der Waals surface area contributed by atoms with Crippen LogP contribution in [0.1, 0.15) is 36.1 Å². The van der Waals surface area contributed by atoms with E-state index < -0.39 is 0 Å². The summed E-state index contributed by atoms with van der Waals surface area (Å²) in [4.78, 5) is 11.3. The first-order valence-electron chi connectivity index (χ1n) is 5.76. The monoisotopic (exact) mass is 222 g/mol. The van der Waals surface area contributed by atoms with Gasteiger partial charge in [-0.05, 0) is 36.8 Å². The maximum atomic E-state index is 11.3. The highest BCUT2D eigenvalue weighted by Gasteiger charge is 2.18. The Balaban J connectivity index is 2.29. The summed E-state index contributed by atoms with van der Waals surface area (Å²) in [5.41, 5.74) is 3.49. The van der Waals surface area contributed by atoms with E-state index in [1.54, 1.807) is 4.68 Å². The largest absolute Gasteiger partial charge is 0.469 e. The highest BCUT2D eigenvalue weighted by Crippen LogP contribution is 2.25. The molecular weight excluding hydrogens is 204 g/mol. The molecule has 2 rings (SSSR count). The molecule has 0 unspecified atom stereocenters. The Morgan fingerprint density at radius 2 is 2.19 bits per heavy atom. The molecule has 0 aliphatic heterocycles. The Hall–Kier alpha value is -1.45. The number of aromatic nitrogens is 1. The van der Waals surface area contributed by atoms with Crippen LogP contribution in [-0.2, 0) is 28.8 Å². The average Bonchev–Trinajstić information content (AvgIpc) is 2.46. The van der Waals surface area contributed by atoms with Crippen LogP contribution in [-0.4, -0.2) is 17.8 Å². The molecule has 0 radical (unpaired) electrons. The molecule has 0 saturated heterocycles. The van der Waals surface area contributed by atoms with E-state index in [2.05, 4.69) is 0 Å². The Kier molecular flexibility index (Phi) is 3.17. The number of esters is 1. The number of nitrogens with zero attached hydrogens (tertiary/aromatic N) is 1. The highest BCUT2D eigenvalue weighted by atomic mass is 16.5. The number of aryl methyl sites for hydroxylation is 1. The maximum absolute atomic E-state index is 11.3. The Morgan fingerprint density at radius 3 is 2.94 bits per heavy atom. The first-order valence-corrected chi connectivity index (χ1v) is 5.76. The first-order chi connectivity index (χ1) is 7.72. The van der Waals surface area contributed by atoms with E-state index in [0.717, 1.165) is 18.5 Å². The van der Waals surface area contributed by atoms with Gasteiger partial charge in [-0.3, -0.25) is 9.47 Å². The van der Waals surface area contributed by atoms with Crippen molar-refractivity contribution in [1.82, 2.24) is 4.68 Å². The lowest BCUT2D eigenvalue weighted by Gasteiger charge is -2.06. The zero-order valence-corrected chi connectivity index (χ0v) is 9.66. The van der Waals surface area contributed by atoms with Crippen molar-refractivity contribution >= 4 is 5.97 Å². The van der Waals surface area contributed by atoms with E-state index >= 15 is 0 Å². The number of nitrogen functional groups attached to an aromatic ring is 1. The predicted octanol–water partition coefficient (Wildman–Crippen LogP) is 1.19. The number of carbonyl (C=O) groups excluding carboxylic acids is 1. The van der Waals surface area contributed by atoms with Crippen molar-refractivity contribution in [3.8, 4) is 0 Å². The second-order valence-electron chi connectivity index (χ2n) is 4.30. The molecule has 0 aromatic carbocycles. The standard InChI is InChI=1S/C12H18N2O2/c1-16-12(15)7-11-10-6-4-2-3-5-9(10)8-14(11)13/h8H,2-7,13H2,1H3. The minimum absolute atomic E-state index is 0.225. The molecule has 0 atom stereocenters. The number of hydrogen-bond donors (Lipinski definition) is 1. The van der Waals surface area contributed by atoms with Crippen molar-refractivity contribution in [3.63, 3.8) is 0 Å². The quantitative estimate of drug-likeness (QED) is 0.464. The van der Waals surface area contributed by atoms with E-state index in [1.807, 2.05) is 6.20 Å². The molecule has 1 heterocycles. The van der Waals surface area contributed by atoms with E-state index in [4.69, 9.17) is 10.6 Å². The fourth-order valence-electron chi connectivity index (χ4n) is 2.39. The van der Waals surface area contributed by atoms with Gasteiger partial charge in [0.05, 0.1) is 19.2 Å². The molecule has 16 heavy (non-hydrogen) atoms. The Bertz CT molecular complexity index is 396. The van der Waals surface area contributed by atoms with Crippen molar-refractivity contribution in [2.75, 3.05) is 13.0 Å². The fourth-order valence-corrected chi connectivity index (χ4v) is 2.39. The third-order valence-corrected chi connectivity index (χ3v) is 3.25. The van der Waals surface area contributed by atoms with E-state index in [9.17, 15) is 4.79 Å². The van der Waals surface area contributed by atoms with Crippen LogP contribution in [0.15, 0.2) is 6.20 Å². The smallest absolute Gasteiger partial charge is 0.311 e. The maximum Gasteiger partial charge on any atom is 0.311 e. The van der Waals surface area contributed by atoms with Gasteiger partial charge in [-0.25, -0.2) is 0 Å². The van der Waals surface area contributed by atoms with E-state index in [1.165, 1.54) is 37.5 Å². The van der Waals surface area contributed by atoms with Crippen LogP contribution in [0.2, 0.25) is 0 Å². The number of nitrogens with two attached hydrogens (primary N) is 1. The number of fused-ring (bicyclic) bond motifs is 1. The van der Waals surface area contributed by atoms with Crippen molar-refractivity contribution in [2.24, 2.45) is 0 Å². The van der Waals surface area contributed by atoms with Crippen LogP contribution in [0.5, 0.6) is 0 Å². The molecule has 4 nitrogen and oxygen atoms in total. The predicted molar refractivity (Wildman–Crippen MR) is 61.6 cm³/mol. The van der Waals surface area contributed by atoms with E-state index in [0.29, 0.717) is 0 Å². The average molecular weight is 222 g/mol. The summed E-state index contributed by atoms with van der Waals surface area (Å²) >= 11 is 0. The number of methoxy groups -OCH3 is 1. The second-order valence-corrected chi connectivity index (χ2v) is 4.30. The van der Waals surface area contributed by atoms with E-state index in [-0.39, 0.29) is 12.4 Å². The molecule has 1 aliphatic rings. The van der Waals surface area contributed by atoms with Crippen molar-refractivity contribution in [1.29, 1.82) is 0 Å². The van der Waals surface area contributed by atoms with Gasteiger partial charge in [0.15, 0.2) is 0 Å². The van der Waals surface area contributed by atoms with Gasteiger partial charge in [-0.1, -0.05) is 6.42 Å². The molecule has 2 N–H and O–H groups in total. The second kappa shape index (κ2) is 4.60. The molecule has 0 fully saturated rings. The summed E-state index contributed by atoms with van der Waals surface area (Å²) in [6.07, 6.45) is 8.01. The molecule has 88 valence electrons. The molecule has 0 bridgehead atoms. The molecule has 0 spiro atoms. The summed E-state index contributed by atoms with van der Waals surface area (Å²) in [6, 6.07) is 0. The van der Waals surface area contributed by atoms with Crippen molar-refractivity contribution < 1.29 is 9.53 Å². The van der Waals surface area contributed by atoms with Gasteiger partial charge in [0.25, 0.3) is 0 Å². The van der Waals surface area contributed by atoms with Crippen LogP contribution in [0.25, 0.3) is 0 Å². The van der Waals surface area contributed by atoms with Crippen LogP contribution in [0.4, 0.5) is 0 Å². The van der Waals surface area contributed by atoms with Gasteiger partial charge in [0, 0.05) is 6.20 Å². The number of ether oxygens (including phenoxy) is 1. The molecule has 4 heteroatoms. The molecule has 1 aliphatic carbocycles. The Labute approximate surface area is 95.3 Å². The molecule has 1 aromatic heterocycles. The Morgan fingerprint density at radius 1 is 1.44 bits per heavy atom. The van der Waals surface area contributed by atoms with Gasteiger partial charge >= 0.3 is 5.97 Å². The number of rotatable bonds is 2. The zero-order chi connectivity index (χ0) is 11.5. The lowest BCUT2D eigenvalue weighted by atomic mass is 10.0. The van der Waals surface area contributed by atoms with Crippen molar-refractivity contribution in [2.45, 2.75) is 38.5 Å². The first kappa shape index (κ1) is 11.0. The summed E-state index contributed by atoms with van der Waals surface area (Å²) in [7, 11) is 1.41.